The minimum Gasteiger partial charge on any atom is -0.381 e. The SMILES string of the molecule is N#Cc1ccnc(Nc2cnc(N)c(NCc3ccc4ncccc4c3)n2)c1. The van der Waals surface area contributed by atoms with Crippen LogP contribution in [-0.2, 0) is 6.54 Å². The molecule has 8 heteroatoms. The predicted octanol–water partition coefficient (Wildman–Crippen LogP) is 3.23. The van der Waals surface area contributed by atoms with Crippen molar-refractivity contribution in [2.24, 2.45) is 0 Å². The van der Waals surface area contributed by atoms with Crippen LogP contribution in [-0.4, -0.2) is 19.9 Å². The van der Waals surface area contributed by atoms with E-state index in [4.69, 9.17) is 11.0 Å². The van der Waals surface area contributed by atoms with E-state index in [1.165, 1.54) is 6.20 Å². The molecular weight excluding hydrogens is 352 g/mol. The van der Waals surface area contributed by atoms with Crippen molar-refractivity contribution in [1.82, 2.24) is 19.9 Å². The van der Waals surface area contributed by atoms with Crippen molar-refractivity contribution in [1.29, 1.82) is 5.26 Å². The quantitative estimate of drug-likeness (QED) is 0.490. The van der Waals surface area contributed by atoms with E-state index in [1.807, 2.05) is 24.3 Å². The maximum Gasteiger partial charge on any atom is 0.171 e. The molecule has 0 radical (unpaired) electrons. The van der Waals surface area contributed by atoms with Gasteiger partial charge in [0.15, 0.2) is 17.5 Å². The van der Waals surface area contributed by atoms with Crippen molar-refractivity contribution in [3.8, 4) is 6.07 Å². The van der Waals surface area contributed by atoms with Crippen molar-refractivity contribution in [3.63, 3.8) is 0 Å². The minimum absolute atomic E-state index is 0.298. The lowest BCUT2D eigenvalue weighted by Crippen LogP contribution is -2.08. The average Bonchev–Trinajstić information content (AvgIpc) is 2.74. The summed E-state index contributed by atoms with van der Waals surface area (Å²) in [5, 5.41) is 16.3. The standard InChI is InChI=1S/C20H16N8/c21-10-13-5-7-24-17(9-13)27-18-12-25-19(22)20(28-18)26-11-14-3-4-16-15(8-14)2-1-6-23-16/h1-9,12H,11H2,(H2,22,25)(H2,24,26,27,28). The Kier molecular flexibility index (Phi) is 4.63. The lowest BCUT2D eigenvalue weighted by Gasteiger charge is -2.11. The van der Waals surface area contributed by atoms with Gasteiger partial charge in [0.05, 0.1) is 23.3 Å². The molecule has 136 valence electrons. The fraction of sp³-hybridized carbons (Fsp3) is 0.0500. The highest BCUT2D eigenvalue weighted by Gasteiger charge is 2.07. The lowest BCUT2D eigenvalue weighted by atomic mass is 10.1. The lowest BCUT2D eigenvalue weighted by molar-refractivity contribution is 1.09. The van der Waals surface area contributed by atoms with Crippen LogP contribution < -0.4 is 16.4 Å². The molecule has 0 fully saturated rings. The molecule has 0 aliphatic carbocycles. The summed E-state index contributed by atoms with van der Waals surface area (Å²) in [6.45, 7) is 0.537. The number of nitriles is 1. The molecule has 4 N–H and O–H groups in total. The molecule has 3 aromatic heterocycles. The number of nitrogens with two attached hydrogens (primary N) is 1. The minimum atomic E-state index is 0.298. The molecule has 28 heavy (non-hydrogen) atoms. The van der Waals surface area contributed by atoms with Gasteiger partial charge in [0.25, 0.3) is 0 Å². The van der Waals surface area contributed by atoms with Crippen LogP contribution in [0.2, 0.25) is 0 Å². The van der Waals surface area contributed by atoms with Crippen LogP contribution in [0, 0.1) is 11.3 Å². The summed E-state index contributed by atoms with van der Waals surface area (Å²) in [5.74, 6) is 1.74. The second-order valence-corrected chi connectivity index (χ2v) is 6.04. The van der Waals surface area contributed by atoms with Crippen LogP contribution in [0.3, 0.4) is 0 Å². The zero-order valence-corrected chi connectivity index (χ0v) is 14.8. The molecule has 8 nitrogen and oxygen atoms in total. The van der Waals surface area contributed by atoms with E-state index in [1.54, 1.807) is 24.5 Å². The van der Waals surface area contributed by atoms with Crippen molar-refractivity contribution in [2.45, 2.75) is 6.54 Å². The summed E-state index contributed by atoms with van der Waals surface area (Å²) in [6, 6.07) is 15.3. The number of hydrogen-bond donors (Lipinski definition) is 3. The van der Waals surface area contributed by atoms with E-state index >= 15 is 0 Å². The van der Waals surface area contributed by atoms with Crippen LogP contribution in [0.5, 0.6) is 0 Å². The molecule has 0 bridgehead atoms. The van der Waals surface area contributed by atoms with Crippen LogP contribution in [0.1, 0.15) is 11.1 Å². The van der Waals surface area contributed by atoms with Crippen molar-refractivity contribution in [3.05, 3.63) is 72.2 Å². The molecule has 0 spiro atoms. The Labute approximate surface area is 161 Å². The number of rotatable bonds is 5. The predicted molar refractivity (Wildman–Crippen MR) is 108 cm³/mol. The number of hydrogen-bond acceptors (Lipinski definition) is 8. The monoisotopic (exact) mass is 368 g/mol. The second kappa shape index (κ2) is 7.55. The van der Waals surface area contributed by atoms with E-state index in [9.17, 15) is 0 Å². The van der Waals surface area contributed by atoms with Crippen molar-refractivity contribution in [2.75, 3.05) is 16.4 Å². The Morgan fingerprint density at radius 3 is 2.82 bits per heavy atom. The number of nitrogens with zero attached hydrogens (tertiary/aromatic N) is 5. The van der Waals surface area contributed by atoms with Gasteiger partial charge in [-0.15, -0.1) is 0 Å². The number of benzene rings is 1. The number of anilines is 4. The number of nitrogens with one attached hydrogen (secondary N) is 2. The molecule has 0 amide bonds. The average molecular weight is 368 g/mol. The number of nitrogen functional groups attached to an aromatic ring is 1. The van der Waals surface area contributed by atoms with Crippen LogP contribution in [0.4, 0.5) is 23.3 Å². The van der Waals surface area contributed by atoms with Crippen LogP contribution in [0.25, 0.3) is 10.9 Å². The summed E-state index contributed by atoms with van der Waals surface area (Å²) in [5.41, 5.74) is 8.48. The molecule has 4 rings (SSSR count). The normalized spacial score (nSPS) is 10.4. The topological polar surface area (TPSA) is 125 Å². The zero-order chi connectivity index (χ0) is 19.3. The van der Waals surface area contributed by atoms with Gasteiger partial charge in [-0.1, -0.05) is 12.1 Å². The highest BCUT2D eigenvalue weighted by Crippen LogP contribution is 2.20. The first-order valence-electron chi connectivity index (χ1n) is 8.54. The Morgan fingerprint density at radius 2 is 1.93 bits per heavy atom. The molecule has 0 atom stereocenters. The summed E-state index contributed by atoms with van der Waals surface area (Å²) in [7, 11) is 0. The summed E-state index contributed by atoms with van der Waals surface area (Å²) in [4.78, 5) is 17.1. The molecule has 4 aromatic rings. The van der Waals surface area contributed by atoms with Gasteiger partial charge in [0.2, 0.25) is 0 Å². The fourth-order valence-corrected chi connectivity index (χ4v) is 2.71. The van der Waals surface area contributed by atoms with Gasteiger partial charge in [-0.2, -0.15) is 5.26 Å². The maximum atomic E-state index is 8.99. The Balaban J connectivity index is 1.51. The first-order valence-corrected chi connectivity index (χ1v) is 8.54. The molecule has 0 unspecified atom stereocenters. The van der Waals surface area contributed by atoms with Gasteiger partial charge in [-0.3, -0.25) is 4.98 Å². The third-order valence-electron chi connectivity index (χ3n) is 4.07. The first kappa shape index (κ1) is 17.2. The maximum absolute atomic E-state index is 8.99. The summed E-state index contributed by atoms with van der Waals surface area (Å²) < 4.78 is 0. The highest BCUT2D eigenvalue weighted by molar-refractivity contribution is 5.79. The van der Waals surface area contributed by atoms with Crippen LogP contribution >= 0.6 is 0 Å². The summed E-state index contributed by atoms with van der Waals surface area (Å²) >= 11 is 0. The number of fused-ring (bicyclic) bond motifs is 1. The largest absolute Gasteiger partial charge is 0.381 e. The molecular formula is C20H16N8. The molecule has 1 aromatic carbocycles. The van der Waals surface area contributed by atoms with Crippen LogP contribution in [0.15, 0.2) is 61.1 Å². The van der Waals surface area contributed by atoms with E-state index in [-0.39, 0.29) is 0 Å². The van der Waals surface area contributed by atoms with Gasteiger partial charge in [0.1, 0.15) is 5.82 Å². The number of pyridine rings is 2. The highest BCUT2D eigenvalue weighted by atomic mass is 15.1. The van der Waals surface area contributed by atoms with E-state index in [0.717, 1.165) is 16.5 Å². The second-order valence-electron chi connectivity index (χ2n) is 6.04. The van der Waals surface area contributed by atoms with Gasteiger partial charge < -0.3 is 16.4 Å². The number of aromatic nitrogens is 4. The van der Waals surface area contributed by atoms with E-state index < -0.39 is 0 Å². The van der Waals surface area contributed by atoms with Gasteiger partial charge >= 0.3 is 0 Å². The molecule has 0 saturated carbocycles. The van der Waals surface area contributed by atoms with Crippen molar-refractivity contribution < 1.29 is 0 Å². The van der Waals surface area contributed by atoms with Gasteiger partial charge in [-0.05, 0) is 35.9 Å². The van der Waals surface area contributed by atoms with Gasteiger partial charge in [0, 0.05) is 24.3 Å². The van der Waals surface area contributed by atoms with E-state index in [0.29, 0.717) is 35.4 Å². The van der Waals surface area contributed by atoms with Crippen molar-refractivity contribution >= 4 is 34.2 Å². The third-order valence-corrected chi connectivity index (χ3v) is 4.07. The first-order chi connectivity index (χ1) is 13.7. The smallest absolute Gasteiger partial charge is 0.171 e. The molecule has 0 saturated heterocycles. The Hall–Kier alpha value is -4.25. The Morgan fingerprint density at radius 1 is 1.00 bits per heavy atom. The molecule has 3 heterocycles. The molecule has 0 aliphatic heterocycles. The molecule has 0 aliphatic rings. The Bertz CT molecular complexity index is 1180. The van der Waals surface area contributed by atoms with Gasteiger partial charge in [-0.25, -0.2) is 15.0 Å². The third kappa shape index (κ3) is 3.78. The summed E-state index contributed by atoms with van der Waals surface area (Å²) in [6.07, 6.45) is 4.85. The zero-order valence-electron chi connectivity index (χ0n) is 14.8. The van der Waals surface area contributed by atoms with E-state index in [2.05, 4.69) is 42.7 Å². The fourth-order valence-electron chi connectivity index (χ4n) is 2.71.